The second kappa shape index (κ2) is 5.48. The first-order valence-corrected chi connectivity index (χ1v) is 6.47. The van der Waals surface area contributed by atoms with E-state index in [1.165, 1.54) is 0 Å². The summed E-state index contributed by atoms with van der Waals surface area (Å²) in [5.41, 5.74) is 0.963. The molecular weight excluding hydrogens is 226 g/mol. The van der Waals surface area contributed by atoms with Crippen LogP contribution in [0.5, 0.6) is 0 Å². The summed E-state index contributed by atoms with van der Waals surface area (Å²) < 4.78 is 6.00. The largest absolute Gasteiger partial charge is 0.375 e. The van der Waals surface area contributed by atoms with Crippen LogP contribution in [0.1, 0.15) is 32.9 Å². The van der Waals surface area contributed by atoms with Gasteiger partial charge >= 0.3 is 0 Å². The molecule has 2 unspecified atom stereocenters. The van der Waals surface area contributed by atoms with Crippen molar-refractivity contribution in [3.63, 3.8) is 0 Å². The lowest BCUT2D eigenvalue weighted by Crippen LogP contribution is -2.37. The van der Waals surface area contributed by atoms with Crippen molar-refractivity contribution in [2.24, 2.45) is 5.41 Å². The molecule has 2 rings (SSSR count). The topological polar surface area (TPSA) is 50.8 Å². The first kappa shape index (κ1) is 13.0. The van der Waals surface area contributed by atoms with Gasteiger partial charge in [-0.15, -0.1) is 0 Å². The van der Waals surface area contributed by atoms with Crippen molar-refractivity contribution in [3.05, 3.63) is 36.2 Å². The Balaban J connectivity index is 2.18. The number of aromatic amines is 1. The lowest BCUT2D eigenvalue weighted by atomic mass is 9.73. The van der Waals surface area contributed by atoms with Crippen LogP contribution in [0.3, 0.4) is 0 Å². The second-order valence-corrected chi connectivity index (χ2v) is 5.19. The molecule has 0 amide bonds. The molecule has 0 radical (unpaired) electrons. The van der Waals surface area contributed by atoms with E-state index in [0.29, 0.717) is 0 Å². The lowest BCUT2D eigenvalue weighted by Gasteiger charge is -2.37. The zero-order valence-corrected chi connectivity index (χ0v) is 11.3. The van der Waals surface area contributed by atoms with E-state index in [1.807, 2.05) is 0 Å². The van der Waals surface area contributed by atoms with Gasteiger partial charge < -0.3 is 4.74 Å². The van der Waals surface area contributed by atoms with Crippen LogP contribution in [0.4, 0.5) is 0 Å². The number of nitrogens with zero attached hydrogens (tertiary/aromatic N) is 2. The molecule has 0 aliphatic heterocycles. The number of aromatic nitrogens is 3. The van der Waals surface area contributed by atoms with Gasteiger partial charge in [0.2, 0.25) is 0 Å². The maximum atomic E-state index is 6.00. The van der Waals surface area contributed by atoms with Gasteiger partial charge in [-0.25, -0.2) is 0 Å². The van der Waals surface area contributed by atoms with Crippen LogP contribution in [0.2, 0.25) is 0 Å². The second-order valence-electron chi connectivity index (χ2n) is 5.19. The van der Waals surface area contributed by atoms with Gasteiger partial charge in [-0.1, -0.05) is 24.3 Å². The van der Waals surface area contributed by atoms with Gasteiger partial charge in [0.15, 0.2) is 0 Å². The van der Waals surface area contributed by atoms with Crippen molar-refractivity contribution in [1.29, 1.82) is 0 Å². The number of allylic oxidation sites excluding steroid dienone is 3. The molecule has 1 aliphatic rings. The molecule has 0 saturated carbocycles. The highest BCUT2D eigenvalue weighted by Crippen LogP contribution is 2.37. The molecule has 1 aliphatic carbocycles. The fraction of sp³-hybridized carbons (Fsp3) is 0.571. The van der Waals surface area contributed by atoms with Crippen molar-refractivity contribution in [2.75, 3.05) is 0 Å². The molecule has 1 aromatic rings. The Morgan fingerprint density at radius 1 is 1.39 bits per heavy atom. The van der Waals surface area contributed by atoms with Gasteiger partial charge in [0.1, 0.15) is 0 Å². The minimum atomic E-state index is -0.0180. The minimum Gasteiger partial charge on any atom is -0.375 e. The van der Waals surface area contributed by atoms with Crippen LogP contribution in [0.25, 0.3) is 0 Å². The molecule has 1 N–H and O–H groups in total. The molecule has 0 saturated heterocycles. The quantitative estimate of drug-likeness (QED) is 0.870. The number of H-pyrrole nitrogens is 1. The molecule has 1 heterocycles. The summed E-state index contributed by atoms with van der Waals surface area (Å²) in [7, 11) is 0. The predicted molar refractivity (Wildman–Crippen MR) is 71.1 cm³/mol. The van der Waals surface area contributed by atoms with Crippen molar-refractivity contribution >= 4 is 0 Å². The number of ether oxygens (including phenoxy) is 1. The van der Waals surface area contributed by atoms with E-state index in [9.17, 15) is 0 Å². The molecular formula is C14H21N3O. The standard InChI is InChI=1S/C14H21N3O/c1-11(2)18-12(3)14(7-5-4-6-8-14)9-13-10-15-17-16-13/h4-7,10-12H,8-9H2,1-3H3,(H,15,16,17). The Morgan fingerprint density at radius 2 is 2.22 bits per heavy atom. The van der Waals surface area contributed by atoms with Crippen LogP contribution < -0.4 is 0 Å². The van der Waals surface area contributed by atoms with Crippen LogP contribution in [-0.4, -0.2) is 27.6 Å². The fourth-order valence-corrected chi connectivity index (χ4v) is 2.45. The summed E-state index contributed by atoms with van der Waals surface area (Å²) >= 11 is 0. The van der Waals surface area contributed by atoms with Crippen LogP contribution >= 0.6 is 0 Å². The third-order valence-corrected chi connectivity index (χ3v) is 3.43. The molecule has 0 fully saturated rings. The number of rotatable bonds is 5. The zero-order valence-electron chi connectivity index (χ0n) is 11.3. The van der Waals surface area contributed by atoms with E-state index in [4.69, 9.17) is 4.74 Å². The number of hydrogen-bond acceptors (Lipinski definition) is 3. The van der Waals surface area contributed by atoms with Gasteiger partial charge in [-0.05, 0) is 27.2 Å². The Kier molecular flexibility index (Phi) is 3.97. The minimum absolute atomic E-state index is 0.0180. The lowest BCUT2D eigenvalue weighted by molar-refractivity contribution is -0.0419. The maximum absolute atomic E-state index is 6.00. The van der Waals surface area contributed by atoms with Crippen molar-refractivity contribution < 1.29 is 4.74 Å². The zero-order chi connectivity index (χ0) is 13.0. The molecule has 0 spiro atoms. The summed E-state index contributed by atoms with van der Waals surface area (Å²) in [6.07, 6.45) is 12.6. The van der Waals surface area contributed by atoms with Gasteiger partial charge in [0.25, 0.3) is 0 Å². The van der Waals surface area contributed by atoms with E-state index in [2.05, 4.69) is 60.5 Å². The predicted octanol–water partition coefficient (Wildman–Crippen LogP) is 2.66. The number of nitrogens with one attached hydrogen (secondary N) is 1. The molecule has 18 heavy (non-hydrogen) atoms. The molecule has 98 valence electrons. The average molecular weight is 247 g/mol. The van der Waals surface area contributed by atoms with Crippen molar-refractivity contribution in [1.82, 2.24) is 15.4 Å². The highest BCUT2D eigenvalue weighted by Gasteiger charge is 2.35. The smallest absolute Gasteiger partial charge is 0.0834 e. The average Bonchev–Trinajstić information content (AvgIpc) is 2.82. The van der Waals surface area contributed by atoms with E-state index in [1.54, 1.807) is 6.20 Å². The van der Waals surface area contributed by atoms with Gasteiger partial charge in [0, 0.05) is 11.8 Å². The third kappa shape index (κ3) is 2.88. The first-order valence-electron chi connectivity index (χ1n) is 6.47. The molecule has 0 bridgehead atoms. The summed E-state index contributed by atoms with van der Waals surface area (Å²) in [4.78, 5) is 0. The Hall–Kier alpha value is -1.42. The van der Waals surface area contributed by atoms with E-state index in [-0.39, 0.29) is 17.6 Å². The molecule has 1 aromatic heterocycles. The Bertz CT molecular complexity index is 422. The van der Waals surface area contributed by atoms with Gasteiger partial charge in [-0.2, -0.15) is 15.4 Å². The molecule has 4 nitrogen and oxygen atoms in total. The van der Waals surface area contributed by atoms with Crippen LogP contribution in [-0.2, 0) is 11.2 Å². The summed E-state index contributed by atoms with van der Waals surface area (Å²) in [5, 5.41) is 10.7. The fourth-order valence-electron chi connectivity index (χ4n) is 2.45. The molecule has 0 aromatic carbocycles. The molecule has 4 heteroatoms. The first-order chi connectivity index (χ1) is 8.62. The van der Waals surface area contributed by atoms with Gasteiger partial charge in [0.05, 0.1) is 24.1 Å². The van der Waals surface area contributed by atoms with Crippen molar-refractivity contribution in [3.8, 4) is 0 Å². The number of hydrogen-bond donors (Lipinski definition) is 1. The normalized spacial score (nSPS) is 24.7. The highest BCUT2D eigenvalue weighted by atomic mass is 16.5. The molecule has 2 atom stereocenters. The summed E-state index contributed by atoms with van der Waals surface area (Å²) in [6, 6.07) is 0. The monoisotopic (exact) mass is 247 g/mol. The SMILES string of the molecule is CC(C)OC(C)C1(Cc2cn[nH]n2)C=CC=CC1. The van der Waals surface area contributed by atoms with Gasteiger partial charge in [-0.3, -0.25) is 0 Å². The Morgan fingerprint density at radius 3 is 2.78 bits per heavy atom. The van der Waals surface area contributed by atoms with E-state index < -0.39 is 0 Å². The van der Waals surface area contributed by atoms with Crippen molar-refractivity contribution in [2.45, 2.75) is 45.8 Å². The van der Waals surface area contributed by atoms with E-state index in [0.717, 1.165) is 18.5 Å². The Labute approximate surface area is 108 Å². The van der Waals surface area contributed by atoms with Crippen LogP contribution in [0.15, 0.2) is 30.5 Å². The summed E-state index contributed by atoms with van der Waals surface area (Å²) in [6.45, 7) is 6.29. The third-order valence-electron chi connectivity index (χ3n) is 3.43. The van der Waals surface area contributed by atoms with Crippen LogP contribution in [0, 0.1) is 5.41 Å². The highest BCUT2D eigenvalue weighted by molar-refractivity contribution is 5.21. The summed E-state index contributed by atoms with van der Waals surface area (Å²) in [5.74, 6) is 0. The van der Waals surface area contributed by atoms with E-state index >= 15 is 0 Å². The maximum Gasteiger partial charge on any atom is 0.0834 e.